The monoisotopic (exact) mass is 355 g/mol. The van der Waals surface area contributed by atoms with Gasteiger partial charge in [-0.25, -0.2) is 0 Å². The Hall–Kier alpha value is -0.280. The Labute approximate surface area is 138 Å². The molecule has 1 aliphatic rings. The Kier molecular flexibility index (Phi) is 5.59. The average Bonchev–Trinajstić information content (AvgIpc) is 2.81. The maximum Gasteiger partial charge on any atom is 0.121 e. The molecule has 2 rings (SSSR count). The molecule has 0 aromatic carbocycles. The van der Waals surface area contributed by atoms with Gasteiger partial charge >= 0.3 is 0 Å². The van der Waals surface area contributed by atoms with E-state index in [0.717, 1.165) is 28.6 Å². The second kappa shape index (κ2) is 6.87. The molecule has 0 radical (unpaired) electrons. The van der Waals surface area contributed by atoms with Crippen molar-refractivity contribution >= 4 is 15.9 Å². The minimum absolute atomic E-state index is 0.180. The number of hydrogen-bond donors (Lipinski definition) is 1. The van der Waals surface area contributed by atoms with E-state index in [0.29, 0.717) is 11.8 Å². The Balaban J connectivity index is 2.13. The molecule has 0 saturated heterocycles. The zero-order valence-electron chi connectivity index (χ0n) is 14.1. The minimum Gasteiger partial charge on any atom is -0.468 e. The Morgan fingerprint density at radius 2 is 2.05 bits per heavy atom. The number of hydrogen-bond acceptors (Lipinski definition) is 2. The highest BCUT2D eigenvalue weighted by Crippen LogP contribution is 2.45. The van der Waals surface area contributed by atoms with Crippen LogP contribution in [0.5, 0.6) is 0 Å². The SMILES string of the molecule is CC(C)C1CCC(CNC(C)(C)C)C(c2occc2Br)C1. The third-order valence-electron chi connectivity index (χ3n) is 4.85. The third kappa shape index (κ3) is 4.59. The molecule has 0 amide bonds. The molecule has 1 aromatic rings. The van der Waals surface area contributed by atoms with Crippen LogP contribution < -0.4 is 5.32 Å². The van der Waals surface area contributed by atoms with Gasteiger partial charge in [-0.3, -0.25) is 0 Å². The van der Waals surface area contributed by atoms with Crippen molar-refractivity contribution in [1.29, 1.82) is 0 Å². The first-order valence-corrected chi connectivity index (χ1v) is 9.05. The van der Waals surface area contributed by atoms with E-state index in [4.69, 9.17) is 4.42 Å². The summed E-state index contributed by atoms with van der Waals surface area (Å²) in [4.78, 5) is 0. The molecule has 21 heavy (non-hydrogen) atoms. The lowest BCUT2D eigenvalue weighted by Crippen LogP contribution is -2.42. The van der Waals surface area contributed by atoms with Crippen molar-refractivity contribution in [3.63, 3.8) is 0 Å². The molecule has 2 nitrogen and oxygen atoms in total. The van der Waals surface area contributed by atoms with E-state index in [1.807, 2.05) is 12.3 Å². The highest BCUT2D eigenvalue weighted by molar-refractivity contribution is 9.10. The molecule has 1 aromatic heterocycles. The number of rotatable bonds is 4. The quantitative estimate of drug-likeness (QED) is 0.761. The van der Waals surface area contributed by atoms with Gasteiger partial charge in [0.1, 0.15) is 5.76 Å². The first-order valence-electron chi connectivity index (χ1n) is 8.26. The van der Waals surface area contributed by atoms with Gasteiger partial charge in [0, 0.05) is 11.5 Å². The van der Waals surface area contributed by atoms with Crippen molar-refractivity contribution in [2.24, 2.45) is 17.8 Å². The van der Waals surface area contributed by atoms with E-state index in [2.05, 4.69) is 55.9 Å². The third-order valence-corrected chi connectivity index (χ3v) is 5.51. The summed E-state index contributed by atoms with van der Waals surface area (Å²) in [6, 6.07) is 2.03. The van der Waals surface area contributed by atoms with Crippen LogP contribution in [0.1, 0.15) is 65.6 Å². The molecule has 1 saturated carbocycles. The first-order chi connectivity index (χ1) is 9.78. The standard InChI is InChI=1S/C18H30BrNO/c1-12(2)13-6-7-14(11-20-18(3,4)5)15(10-13)17-16(19)8-9-21-17/h8-9,12-15,20H,6-7,10-11H2,1-5H3. The van der Waals surface area contributed by atoms with Crippen molar-refractivity contribution in [2.75, 3.05) is 6.54 Å². The smallest absolute Gasteiger partial charge is 0.121 e. The van der Waals surface area contributed by atoms with Crippen LogP contribution in [0, 0.1) is 17.8 Å². The fourth-order valence-electron chi connectivity index (χ4n) is 3.44. The fourth-order valence-corrected chi connectivity index (χ4v) is 3.94. The van der Waals surface area contributed by atoms with Crippen LogP contribution in [0.15, 0.2) is 21.2 Å². The van der Waals surface area contributed by atoms with Gasteiger partial charge in [0.05, 0.1) is 10.7 Å². The van der Waals surface area contributed by atoms with Crippen LogP contribution >= 0.6 is 15.9 Å². The second-order valence-corrected chi connectivity index (χ2v) is 8.80. The normalized spacial score (nSPS) is 27.3. The summed E-state index contributed by atoms with van der Waals surface area (Å²) in [6.45, 7) is 12.5. The molecule has 3 unspecified atom stereocenters. The Bertz CT molecular complexity index is 446. The summed E-state index contributed by atoms with van der Waals surface area (Å²) >= 11 is 3.66. The zero-order chi connectivity index (χ0) is 15.6. The van der Waals surface area contributed by atoms with Crippen LogP contribution in [0.25, 0.3) is 0 Å². The molecule has 1 N–H and O–H groups in total. The van der Waals surface area contributed by atoms with Gasteiger partial charge in [-0.15, -0.1) is 0 Å². The van der Waals surface area contributed by atoms with Crippen LogP contribution in [0.4, 0.5) is 0 Å². The highest BCUT2D eigenvalue weighted by atomic mass is 79.9. The van der Waals surface area contributed by atoms with E-state index in [9.17, 15) is 0 Å². The van der Waals surface area contributed by atoms with Gasteiger partial charge in [0.15, 0.2) is 0 Å². The maximum atomic E-state index is 5.82. The van der Waals surface area contributed by atoms with Crippen molar-refractivity contribution in [1.82, 2.24) is 5.32 Å². The van der Waals surface area contributed by atoms with Crippen LogP contribution in [0.3, 0.4) is 0 Å². The van der Waals surface area contributed by atoms with Crippen LogP contribution in [-0.4, -0.2) is 12.1 Å². The first kappa shape index (κ1) is 17.1. The second-order valence-electron chi connectivity index (χ2n) is 7.95. The lowest BCUT2D eigenvalue weighted by Gasteiger charge is -2.38. The lowest BCUT2D eigenvalue weighted by molar-refractivity contribution is 0.167. The lowest BCUT2D eigenvalue weighted by atomic mass is 9.69. The minimum atomic E-state index is 0.180. The molecule has 0 spiro atoms. The highest BCUT2D eigenvalue weighted by Gasteiger charge is 2.35. The van der Waals surface area contributed by atoms with Gasteiger partial charge in [-0.1, -0.05) is 13.8 Å². The number of furan rings is 1. The predicted molar refractivity (Wildman–Crippen MR) is 92.6 cm³/mol. The maximum absolute atomic E-state index is 5.82. The van der Waals surface area contributed by atoms with Crippen molar-refractivity contribution < 1.29 is 4.42 Å². The van der Waals surface area contributed by atoms with Gasteiger partial charge in [0.2, 0.25) is 0 Å². The van der Waals surface area contributed by atoms with Crippen LogP contribution in [-0.2, 0) is 0 Å². The summed E-state index contributed by atoms with van der Waals surface area (Å²) in [5.41, 5.74) is 0.180. The Morgan fingerprint density at radius 3 is 2.57 bits per heavy atom. The van der Waals surface area contributed by atoms with E-state index >= 15 is 0 Å². The van der Waals surface area contributed by atoms with E-state index < -0.39 is 0 Å². The summed E-state index contributed by atoms with van der Waals surface area (Å²) in [6.07, 6.45) is 5.71. The molecule has 3 atom stereocenters. The fraction of sp³-hybridized carbons (Fsp3) is 0.778. The molecule has 1 fully saturated rings. The molecule has 0 aliphatic heterocycles. The van der Waals surface area contributed by atoms with Gasteiger partial charge in [0.25, 0.3) is 0 Å². The van der Waals surface area contributed by atoms with Gasteiger partial charge < -0.3 is 9.73 Å². The Morgan fingerprint density at radius 1 is 1.33 bits per heavy atom. The van der Waals surface area contributed by atoms with Crippen molar-refractivity contribution in [2.45, 2.75) is 65.3 Å². The molecule has 1 heterocycles. The topological polar surface area (TPSA) is 25.2 Å². The summed E-state index contributed by atoms with van der Waals surface area (Å²) in [5.74, 6) is 3.93. The van der Waals surface area contributed by atoms with Gasteiger partial charge in [-0.2, -0.15) is 0 Å². The summed E-state index contributed by atoms with van der Waals surface area (Å²) in [7, 11) is 0. The van der Waals surface area contributed by atoms with E-state index in [-0.39, 0.29) is 5.54 Å². The molecule has 1 aliphatic carbocycles. The molecule has 3 heteroatoms. The molecular weight excluding hydrogens is 326 g/mol. The zero-order valence-corrected chi connectivity index (χ0v) is 15.7. The molecular formula is C18H30BrNO. The van der Waals surface area contributed by atoms with Crippen LogP contribution in [0.2, 0.25) is 0 Å². The molecule has 120 valence electrons. The largest absolute Gasteiger partial charge is 0.468 e. The van der Waals surface area contributed by atoms with E-state index in [1.165, 1.54) is 19.3 Å². The van der Waals surface area contributed by atoms with E-state index in [1.54, 1.807) is 0 Å². The number of halogens is 1. The summed E-state index contributed by atoms with van der Waals surface area (Å²) < 4.78 is 6.96. The van der Waals surface area contributed by atoms with Crippen molar-refractivity contribution in [3.05, 3.63) is 22.6 Å². The van der Waals surface area contributed by atoms with Gasteiger partial charge in [-0.05, 0) is 86.3 Å². The molecule has 0 bridgehead atoms. The summed E-state index contributed by atoms with van der Waals surface area (Å²) in [5, 5.41) is 3.69. The average molecular weight is 356 g/mol. The number of nitrogens with one attached hydrogen (secondary N) is 1. The predicted octanol–water partition coefficient (Wildman–Crippen LogP) is 5.59. The van der Waals surface area contributed by atoms with Crippen molar-refractivity contribution in [3.8, 4) is 0 Å².